The maximum Gasteiger partial charge on any atom is 0.248 e. The molecule has 2 saturated carbocycles. The van der Waals surface area contributed by atoms with Gasteiger partial charge >= 0.3 is 0 Å². The minimum absolute atomic E-state index is 0.0210. The number of hydrogen-bond acceptors (Lipinski definition) is 2. The minimum Gasteiger partial charge on any atom is -0.352 e. The van der Waals surface area contributed by atoms with Gasteiger partial charge in [-0.3, -0.25) is 4.79 Å². The lowest BCUT2D eigenvalue weighted by Crippen LogP contribution is -2.51. The fourth-order valence-electron chi connectivity index (χ4n) is 2.94. The van der Waals surface area contributed by atoms with Crippen molar-refractivity contribution in [1.82, 2.24) is 5.32 Å². The molecule has 2 unspecified atom stereocenters. The summed E-state index contributed by atoms with van der Waals surface area (Å²) in [4.78, 5) is 12.0. The van der Waals surface area contributed by atoms with Crippen molar-refractivity contribution in [1.29, 1.82) is 0 Å². The largest absolute Gasteiger partial charge is 0.352 e. The number of carbonyl (C=O) groups is 1. The van der Waals surface area contributed by atoms with Crippen LogP contribution in [0.15, 0.2) is 0 Å². The molecule has 0 aliphatic heterocycles. The second kappa shape index (κ2) is 5.51. The van der Waals surface area contributed by atoms with Crippen LogP contribution >= 0.6 is 0 Å². The number of carbonyl (C=O) groups excluding carboxylic acids is 1. The molecular weight excluding hydrogens is 238 g/mol. The highest BCUT2D eigenvalue weighted by atomic mass is 19.3. The third kappa shape index (κ3) is 3.40. The van der Waals surface area contributed by atoms with E-state index in [4.69, 9.17) is 5.73 Å². The highest BCUT2D eigenvalue weighted by Gasteiger charge is 2.38. The zero-order valence-electron chi connectivity index (χ0n) is 10.6. The van der Waals surface area contributed by atoms with Crippen molar-refractivity contribution in [2.45, 2.75) is 69.4 Å². The van der Waals surface area contributed by atoms with Gasteiger partial charge in [-0.1, -0.05) is 12.8 Å². The number of hydrogen-bond donors (Lipinski definition) is 2. The molecule has 0 spiro atoms. The topological polar surface area (TPSA) is 55.1 Å². The summed E-state index contributed by atoms with van der Waals surface area (Å²) in [5.41, 5.74) is 5.97. The average molecular weight is 260 g/mol. The number of rotatable bonds is 2. The van der Waals surface area contributed by atoms with Crippen LogP contribution in [0.5, 0.6) is 0 Å². The molecule has 5 heteroatoms. The second-order valence-corrected chi connectivity index (χ2v) is 5.69. The van der Waals surface area contributed by atoms with Crippen LogP contribution in [0.25, 0.3) is 0 Å². The smallest absolute Gasteiger partial charge is 0.248 e. The first-order valence-electron chi connectivity index (χ1n) is 6.92. The molecule has 0 saturated heterocycles. The van der Waals surface area contributed by atoms with E-state index in [0.29, 0.717) is 12.8 Å². The van der Waals surface area contributed by atoms with Crippen LogP contribution in [0.4, 0.5) is 8.78 Å². The monoisotopic (exact) mass is 260 g/mol. The fraction of sp³-hybridized carbons (Fsp3) is 0.923. The Morgan fingerprint density at radius 3 is 2.33 bits per heavy atom. The van der Waals surface area contributed by atoms with Gasteiger partial charge < -0.3 is 11.1 Å². The molecule has 104 valence electrons. The Kier molecular flexibility index (Phi) is 4.20. The number of halogens is 2. The van der Waals surface area contributed by atoms with Crippen LogP contribution in [0.1, 0.15) is 51.4 Å². The molecule has 18 heavy (non-hydrogen) atoms. The summed E-state index contributed by atoms with van der Waals surface area (Å²) in [7, 11) is 0. The summed E-state index contributed by atoms with van der Waals surface area (Å²) >= 11 is 0. The Hall–Kier alpha value is -0.710. The highest BCUT2D eigenvalue weighted by Crippen LogP contribution is 2.36. The van der Waals surface area contributed by atoms with E-state index in [1.54, 1.807) is 0 Å². The summed E-state index contributed by atoms with van der Waals surface area (Å²) < 4.78 is 26.0. The summed E-state index contributed by atoms with van der Waals surface area (Å²) in [6, 6.07) is 0.0569. The van der Waals surface area contributed by atoms with Crippen molar-refractivity contribution < 1.29 is 13.6 Å². The Bertz CT molecular complexity index is 299. The van der Waals surface area contributed by atoms with Crippen molar-refractivity contribution in [3.63, 3.8) is 0 Å². The van der Waals surface area contributed by atoms with Crippen LogP contribution < -0.4 is 11.1 Å². The maximum absolute atomic E-state index is 13.0. The molecule has 0 heterocycles. The van der Waals surface area contributed by atoms with Crippen LogP contribution in [0.3, 0.4) is 0 Å². The molecule has 2 aliphatic carbocycles. The predicted octanol–water partition coefficient (Wildman–Crippen LogP) is 2.20. The highest BCUT2D eigenvalue weighted by molar-refractivity contribution is 5.79. The Balaban J connectivity index is 1.81. The molecule has 0 bridgehead atoms. The third-order valence-electron chi connectivity index (χ3n) is 4.23. The lowest BCUT2D eigenvalue weighted by molar-refractivity contribution is -0.130. The molecule has 3 N–H and O–H groups in total. The van der Waals surface area contributed by atoms with Crippen molar-refractivity contribution in [2.24, 2.45) is 11.7 Å². The normalized spacial score (nSPS) is 33.1. The minimum atomic E-state index is -2.57. The van der Waals surface area contributed by atoms with Gasteiger partial charge in [-0.2, -0.15) is 0 Å². The van der Waals surface area contributed by atoms with Crippen molar-refractivity contribution in [2.75, 3.05) is 0 Å². The number of alkyl halides is 2. The Morgan fingerprint density at radius 2 is 1.72 bits per heavy atom. The molecule has 2 rings (SSSR count). The fourth-order valence-corrected chi connectivity index (χ4v) is 2.94. The van der Waals surface area contributed by atoms with Gasteiger partial charge in [0.1, 0.15) is 0 Å². The molecule has 2 aliphatic rings. The van der Waals surface area contributed by atoms with E-state index in [-0.39, 0.29) is 36.8 Å². The van der Waals surface area contributed by atoms with Crippen LogP contribution in [-0.4, -0.2) is 23.9 Å². The first-order valence-corrected chi connectivity index (χ1v) is 6.92. The quantitative estimate of drug-likeness (QED) is 0.799. The molecule has 0 aromatic carbocycles. The van der Waals surface area contributed by atoms with E-state index in [0.717, 1.165) is 25.7 Å². The van der Waals surface area contributed by atoms with Crippen LogP contribution in [0, 0.1) is 5.92 Å². The Labute approximate surface area is 106 Å². The van der Waals surface area contributed by atoms with E-state index in [9.17, 15) is 13.6 Å². The van der Waals surface area contributed by atoms with Gasteiger partial charge in [-0.05, 0) is 25.7 Å². The first kappa shape index (κ1) is 13.7. The third-order valence-corrected chi connectivity index (χ3v) is 4.23. The number of nitrogens with one attached hydrogen (secondary N) is 1. The summed E-state index contributed by atoms with van der Waals surface area (Å²) in [6.07, 6.45) is 4.30. The van der Waals surface area contributed by atoms with Gasteiger partial charge in [0.05, 0.1) is 0 Å². The van der Waals surface area contributed by atoms with Gasteiger partial charge in [-0.15, -0.1) is 0 Å². The Morgan fingerprint density at radius 1 is 1.11 bits per heavy atom. The van der Waals surface area contributed by atoms with Gasteiger partial charge in [0.15, 0.2) is 0 Å². The zero-order valence-corrected chi connectivity index (χ0v) is 10.6. The molecule has 1 amide bonds. The second-order valence-electron chi connectivity index (χ2n) is 5.69. The van der Waals surface area contributed by atoms with Crippen molar-refractivity contribution >= 4 is 5.91 Å². The molecule has 2 atom stereocenters. The number of amides is 1. The molecule has 0 radical (unpaired) electrons. The van der Waals surface area contributed by atoms with E-state index < -0.39 is 5.92 Å². The number of nitrogens with two attached hydrogens (primary N) is 1. The maximum atomic E-state index is 13.0. The predicted molar refractivity (Wildman–Crippen MR) is 65.3 cm³/mol. The van der Waals surface area contributed by atoms with Gasteiger partial charge in [0.25, 0.3) is 0 Å². The zero-order chi connectivity index (χ0) is 13.2. The van der Waals surface area contributed by atoms with Gasteiger partial charge in [0, 0.05) is 30.8 Å². The molecular formula is C13H22F2N2O. The van der Waals surface area contributed by atoms with E-state index >= 15 is 0 Å². The molecule has 2 fully saturated rings. The van der Waals surface area contributed by atoms with E-state index in [1.165, 1.54) is 0 Å². The molecule has 3 nitrogen and oxygen atoms in total. The lowest BCUT2D eigenvalue weighted by atomic mass is 9.85. The van der Waals surface area contributed by atoms with Crippen molar-refractivity contribution in [3.05, 3.63) is 0 Å². The average Bonchev–Trinajstić information content (AvgIpc) is 2.32. The SMILES string of the molecule is NC1CCCCC1NC(=O)C1CCC(F)(F)CC1. The summed E-state index contributed by atoms with van der Waals surface area (Å²) in [6.45, 7) is 0. The van der Waals surface area contributed by atoms with E-state index in [1.807, 2.05) is 0 Å². The molecule has 0 aromatic heterocycles. The summed E-state index contributed by atoms with van der Waals surface area (Å²) in [5.74, 6) is -2.90. The molecule has 0 aromatic rings. The summed E-state index contributed by atoms with van der Waals surface area (Å²) in [5, 5.41) is 2.96. The van der Waals surface area contributed by atoms with Gasteiger partial charge in [0.2, 0.25) is 11.8 Å². The van der Waals surface area contributed by atoms with Gasteiger partial charge in [-0.25, -0.2) is 8.78 Å². The standard InChI is InChI=1S/C13H22F2N2O/c14-13(15)7-5-9(6-8-13)12(18)17-11-4-2-1-3-10(11)16/h9-11H,1-8,16H2,(H,17,18). The lowest BCUT2D eigenvalue weighted by Gasteiger charge is -2.32. The van der Waals surface area contributed by atoms with E-state index in [2.05, 4.69) is 5.32 Å². The van der Waals surface area contributed by atoms with Crippen LogP contribution in [-0.2, 0) is 4.79 Å². The van der Waals surface area contributed by atoms with Crippen LogP contribution in [0.2, 0.25) is 0 Å². The first-order chi connectivity index (χ1) is 8.48. The van der Waals surface area contributed by atoms with Crippen molar-refractivity contribution in [3.8, 4) is 0 Å².